The molecule has 6 heteroatoms. The Labute approximate surface area is 457 Å². The van der Waals surface area contributed by atoms with E-state index in [1.165, 1.54) is 26.3 Å². The molecule has 0 unspecified atom stereocenters. The number of fused-ring (bicyclic) bond motifs is 11. The van der Waals surface area contributed by atoms with Crippen LogP contribution in [0.25, 0.3) is 83.6 Å². The van der Waals surface area contributed by atoms with Crippen LogP contribution in [0.4, 0.5) is 0 Å². The maximum atomic E-state index is 10.3. The standard InChI is InChI=1S/C72H54N4OSi/c1-72(2,3)51-42-43-73-70(45-51)76-67-39-18-17-36-64(67)65-41-40-54(47-68(65)76)77-53-24-20-23-52(46-53)74-48-69-63-35-16-15-33-61(63)60-32-13-14-34-62(60)66-38-21-37-59(71(66)75(69)49-74)50-22-19-31-58(44-50)78(55-25-7-4-8-26-55,56-27-9-5-10-28-56)57-29-11-6-12-30-57/h4-48H,1-3H3/i48D. The Morgan fingerprint density at radius 1 is 0.474 bits per heavy atom. The monoisotopic (exact) mass is 1020 g/mol. The molecule has 3 aromatic heterocycles. The molecule has 10 aromatic carbocycles. The van der Waals surface area contributed by atoms with E-state index in [9.17, 15) is 1.37 Å². The number of ether oxygens (including phenoxy) is 1. The van der Waals surface area contributed by atoms with Crippen molar-refractivity contribution in [2.75, 3.05) is 0 Å². The first kappa shape index (κ1) is 45.7. The van der Waals surface area contributed by atoms with Crippen molar-refractivity contribution in [1.29, 1.82) is 0 Å². The number of imidazole rings is 1. The Bertz CT molecular complexity index is 4370. The van der Waals surface area contributed by atoms with Crippen molar-refractivity contribution in [3.05, 3.63) is 285 Å². The topological polar surface area (TPSA) is 35.9 Å². The van der Waals surface area contributed by atoms with Crippen LogP contribution in [0.5, 0.6) is 11.5 Å². The summed E-state index contributed by atoms with van der Waals surface area (Å²) in [6, 6.07) is 93.4. The van der Waals surface area contributed by atoms with Gasteiger partial charge < -0.3 is 4.74 Å². The van der Waals surface area contributed by atoms with E-state index >= 15 is 0 Å². The molecule has 13 aromatic rings. The van der Waals surface area contributed by atoms with E-state index in [1.54, 1.807) is 0 Å². The van der Waals surface area contributed by atoms with Gasteiger partial charge in [-0.2, -0.15) is 0 Å². The molecule has 0 fully saturated rings. The summed E-state index contributed by atoms with van der Waals surface area (Å²) in [4.78, 5) is 4.91. The molecule has 78 heavy (non-hydrogen) atoms. The molecule has 0 bridgehead atoms. The molecule has 0 spiro atoms. The minimum Gasteiger partial charge on any atom is -0.458 e. The lowest BCUT2D eigenvalue weighted by Crippen LogP contribution is -2.74. The zero-order valence-electron chi connectivity index (χ0n) is 44.6. The van der Waals surface area contributed by atoms with Gasteiger partial charge >= 0.3 is 0 Å². The highest BCUT2D eigenvalue weighted by Gasteiger charge is 2.41. The number of benzene rings is 10. The molecule has 14 rings (SSSR count). The van der Waals surface area contributed by atoms with Crippen LogP contribution in [0.3, 0.4) is 0 Å². The molecule has 372 valence electrons. The second kappa shape index (κ2) is 18.9. The van der Waals surface area contributed by atoms with Gasteiger partial charge in [0.05, 0.1) is 29.5 Å². The maximum absolute atomic E-state index is 10.3. The Morgan fingerprint density at radius 3 is 1.73 bits per heavy atom. The average Bonchev–Trinajstić information content (AvgIpc) is 4.28. The van der Waals surface area contributed by atoms with Gasteiger partial charge in [-0.05, 0) is 119 Å². The van der Waals surface area contributed by atoms with Crippen LogP contribution in [0.2, 0.25) is 0 Å². The molecule has 0 saturated carbocycles. The van der Waals surface area contributed by atoms with Crippen LogP contribution in [-0.2, 0) is 5.41 Å². The SMILES string of the molecule is [2H]c1c2[n+]([c-]n1-c1cccc(Oc3ccc4c5ccccc5n(-c5cc(C(C)(C)C)ccn5)c4c3)c1)-c1c(-c3cccc([Si](c4ccccc4)(c4ccccc4)c4ccccc4)c3)cccc1-c1ccccc1-c1ccccc1-2. The van der Waals surface area contributed by atoms with Crippen LogP contribution in [-0.4, -0.2) is 22.2 Å². The Morgan fingerprint density at radius 2 is 1.03 bits per heavy atom. The van der Waals surface area contributed by atoms with E-state index < -0.39 is 8.07 Å². The van der Waals surface area contributed by atoms with Crippen LogP contribution in [0.15, 0.2) is 273 Å². The average molecular weight is 1020 g/mol. The largest absolute Gasteiger partial charge is 0.458 e. The quantitative estimate of drug-likeness (QED) is 0.0625. The van der Waals surface area contributed by atoms with Crippen molar-refractivity contribution in [3.63, 3.8) is 0 Å². The molecule has 0 N–H and O–H groups in total. The molecule has 0 atom stereocenters. The molecule has 4 heterocycles. The molecule has 0 aliphatic carbocycles. The number of hydrogen-bond donors (Lipinski definition) is 0. The maximum Gasteiger partial charge on any atom is 0.269 e. The normalized spacial score (nSPS) is 12.2. The van der Waals surface area contributed by atoms with Gasteiger partial charge in [-0.25, -0.2) is 4.98 Å². The number of rotatable bonds is 9. The Hall–Kier alpha value is -9.62. The van der Waals surface area contributed by atoms with Gasteiger partial charge in [-0.15, -0.1) is 0 Å². The van der Waals surface area contributed by atoms with Crippen LogP contribution >= 0.6 is 0 Å². The minimum absolute atomic E-state index is 0.0442. The molecular formula is C72H54N4OSi. The molecule has 5 nitrogen and oxygen atoms in total. The molecule has 1 aliphatic rings. The second-order valence-corrected chi connectivity index (χ2v) is 25.0. The highest BCUT2D eigenvalue weighted by molar-refractivity contribution is 7.19. The summed E-state index contributed by atoms with van der Waals surface area (Å²) in [6.45, 7) is 6.69. The fourth-order valence-electron chi connectivity index (χ4n) is 12.0. The van der Waals surface area contributed by atoms with Gasteiger partial charge in [0.25, 0.3) is 6.33 Å². The predicted octanol–water partition coefficient (Wildman–Crippen LogP) is 14.5. The summed E-state index contributed by atoms with van der Waals surface area (Å²) in [6.07, 6.45) is 6.02. The van der Waals surface area contributed by atoms with Crippen molar-refractivity contribution in [2.24, 2.45) is 0 Å². The molecule has 0 radical (unpaired) electrons. The van der Waals surface area contributed by atoms with Crippen molar-refractivity contribution in [1.82, 2.24) is 14.1 Å². The Balaban J connectivity index is 0.937. The van der Waals surface area contributed by atoms with E-state index in [1.807, 2.05) is 41.1 Å². The molecule has 0 amide bonds. The highest BCUT2D eigenvalue weighted by atomic mass is 28.3. The third-order valence-corrected chi connectivity index (χ3v) is 20.4. The van der Waals surface area contributed by atoms with Gasteiger partial charge in [0, 0.05) is 29.2 Å². The zero-order valence-corrected chi connectivity index (χ0v) is 44.6. The van der Waals surface area contributed by atoms with Gasteiger partial charge in [-0.3, -0.25) is 13.7 Å². The fourth-order valence-corrected chi connectivity index (χ4v) is 16.8. The summed E-state index contributed by atoms with van der Waals surface area (Å²) in [5.41, 5.74) is 13.1. The van der Waals surface area contributed by atoms with E-state index in [2.05, 4.69) is 267 Å². The zero-order chi connectivity index (χ0) is 53.2. The first-order valence-corrected chi connectivity index (χ1v) is 28.7. The summed E-state index contributed by atoms with van der Waals surface area (Å²) >= 11 is 0. The molecule has 1 aliphatic heterocycles. The van der Waals surface area contributed by atoms with E-state index in [4.69, 9.17) is 9.72 Å². The van der Waals surface area contributed by atoms with Crippen LogP contribution in [0.1, 0.15) is 27.7 Å². The first-order chi connectivity index (χ1) is 38.7. The van der Waals surface area contributed by atoms with Crippen LogP contribution < -0.4 is 30.1 Å². The van der Waals surface area contributed by atoms with Crippen molar-refractivity contribution in [3.8, 4) is 73.3 Å². The second-order valence-electron chi connectivity index (χ2n) is 21.2. The third-order valence-electron chi connectivity index (χ3n) is 15.6. The lowest BCUT2D eigenvalue weighted by atomic mass is 9.87. The van der Waals surface area contributed by atoms with E-state index in [-0.39, 0.29) is 5.41 Å². The van der Waals surface area contributed by atoms with Crippen molar-refractivity contribution < 1.29 is 10.7 Å². The number of aromatic nitrogens is 4. The smallest absolute Gasteiger partial charge is 0.269 e. The summed E-state index contributed by atoms with van der Waals surface area (Å²) < 4.78 is 23.4. The van der Waals surface area contributed by atoms with Crippen LogP contribution in [0, 0.1) is 6.33 Å². The van der Waals surface area contributed by atoms with Gasteiger partial charge in [0.1, 0.15) is 17.3 Å². The van der Waals surface area contributed by atoms with Gasteiger partial charge in [-0.1, -0.05) is 227 Å². The molecule has 0 saturated heterocycles. The summed E-state index contributed by atoms with van der Waals surface area (Å²) in [5, 5.41) is 7.49. The van der Waals surface area contributed by atoms with Crippen molar-refractivity contribution in [2.45, 2.75) is 26.2 Å². The lowest BCUT2D eigenvalue weighted by molar-refractivity contribution is -0.586. The number of para-hydroxylation sites is 2. The first-order valence-electron chi connectivity index (χ1n) is 27.2. The predicted molar refractivity (Wildman–Crippen MR) is 322 cm³/mol. The summed E-state index contributed by atoms with van der Waals surface area (Å²) in [5.74, 6) is 2.19. The number of pyridine rings is 1. The summed E-state index contributed by atoms with van der Waals surface area (Å²) in [7, 11) is -2.89. The highest BCUT2D eigenvalue weighted by Crippen LogP contribution is 2.44. The molecular weight excluding hydrogens is 965 g/mol. The van der Waals surface area contributed by atoms with E-state index in [0.717, 1.165) is 83.6 Å². The number of nitrogens with zero attached hydrogens (tertiary/aromatic N) is 4. The van der Waals surface area contributed by atoms with E-state index in [0.29, 0.717) is 17.7 Å². The van der Waals surface area contributed by atoms with Gasteiger partial charge in [0.15, 0.2) is 8.07 Å². The Kier molecular flexibility index (Phi) is 11.1. The van der Waals surface area contributed by atoms with Crippen molar-refractivity contribution >= 4 is 50.6 Å². The number of hydrogen-bond acceptors (Lipinski definition) is 2. The fraction of sp³-hybridized carbons (Fsp3) is 0.0556. The third kappa shape index (κ3) is 7.83. The van der Waals surface area contributed by atoms with Gasteiger partial charge in [0.2, 0.25) is 0 Å². The lowest BCUT2D eigenvalue weighted by Gasteiger charge is -2.34. The minimum atomic E-state index is -2.89.